The Balaban J connectivity index is 1.50. The quantitative estimate of drug-likeness (QED) is 0.628. The molecule has 6 nitrogen and oxygen atoms in total. The summed E-state index contributed by atoms with van der Waals surface area (Å²) in [6.45, 7) is 1.69. The second-order valence-electron chi connectivity index (χ2n) is 6.85. The van der Waals surface area contributed by atoms with Gasteiger partial charge in [-0.25, -0.2) is 4.79 Å². The van der Waals surface area contributed by atoms with Crippen molar-refractivity contribution < 1.29 is 9.59 Å². The van der Waals surface area contributed by atoms with Crippen molar-refractivity contribution in [3.63, 3.8) is 0 Å². The number of piperidine rings is 1. The lowest BCUT2D eigenvalue weighted by Crippen LogP contribution is -2.49. The van der Waals surface area contributed by atoms with Gasteiger partial charge in [-0.15, -0.1) is 0 Å². The standard InChI is InChI=1S/C21H25BrN4O2/c22-18-11-4-5-12-19(18)25-20(27)15-26-13-7-6-10-17(26)14-23-21(28)24-16-8-2-1-3-9-16/h1-5,8-9,11-12,17H,6-7,10,13-15H2,(H,25,27)(H2,23,24,28). The molecule has 3 amide bonds. The Morgan fingerprint density at radius 3 is 2.54 bits per heavy atom. The number of likely N-dealkylation sites (tertiary alicyclic amines) is 1. The number of urea groups is 1. The van der Waals surface area contributed by atoms with Crippen molar-refractivity contribution in [1.82, 2.24) is 10.2 Å². The van der Waals surface area contributed by atoms with E-state index in [0.29, 0.717) is 13.1 Å². The Hall–Kier alpha value is -2.38. The second kappa shape index (κ2) is 10.2. The number of nitrogens with one attached hydrogen (secondary N) is 3. The van der Waals surface area contributed by atoms with Crippen molar-refractivity contribution in [3.05, 3.63) is 59.1 Å². The van der Waals surface area contributed by atoms with Gasteiger partial charge in [0.1, 0.15) is 0 Å². The van der Waals surface area contributed by atoms with E-state index in [-0.39, 0.29) is 18.0 Å². The molecule has 1 atom stereocenters. The van der Waals surface area contributed by atoms with Crippen LogP contribution >= 0.6 is 15.9 Å². The van der Waals surface area contributed by atoms with Crippen LogP contribution in [0.15, 0.2) is 59.1 Å². The van der Waals surface area contributed by atoms with Gasteiger partial charge in [0.25, 0.3) is 0 Å². The van der Waals surface area contributed by atoms with Gasteiger partial charge in [-0.05, 0) is 59.6 Å². The van der Waals surface area contributed by atoms with E-state index < -0.39 is 0 Å². The van der Waals surface area contributed by atoms with Gasteiger partial charge < -0.3 is 16.0 Å². The fraction of sp³-hybridized carbons (Fsp3) is 0.333. The molecule has 28 heavy (non-hydrogen) atoms. The van der Waals surface area contributed by atoms with Crippen LogP contribution in [-0.2, 0) is 4.79 Å². The fourth-order valence-electron chi connectivity index (χ4n) is 3.34. The molecule has 0 saturated carbocycles. The molecule has 1 unspecified atom stereocenters. The van der Waals surface area contributed by atoms with Crippen molar-refractivity contribution in [2.24, 2.45) is 0 Å². The summed E-state index contributed by atoms with van der Waals surface area (Å²) in [5.74, 6) is -0.0486. The third-order valence-electron chi connectivity index (χ3n) is 4.77. The first-order valence-electron chi connectivity index (χ1n) is 9.50. The first kappa shape index (κ1) is 20.4. The van der Waals surface area contributed by atoms with E-state index >= 15 is 0 Å². The molecule has 2 aromatic carbocycles. The normalized spacial score (nSPS) is 17.0. The van der Waals surface area contributed by atoms with Crippen LogP contribution < -0.4 is 16.0 Å². The van der Waals surface area contributed by atoms with Crippen molar-refractivity contribution in [3.8, 4) is 0 Å². The van der Waals surface area contributed by atoms with Gasteiger partial charge in [0, 0.05) is 22.7 Å². The van der Waals surface area contributed by atoms with E-state index in [0.717, 1.165) is 41.7 Å². The highest BCUT2D eigenvalue weighted by molar-refractivity contribution is 9.10. The topological polar surface area (TPSA) is 73.5 Å². The van der Waals surface area contributed by atoms with Gasteiger partial charge in [0.2, 0.25) is 5.91 Å². The van der Waals surface area contributed by atoms with Gasteiger partial charge in [0.15, 0.2) is 0 Å². The third kappa shape index (κ3) is 6.07. The largest absolute Gasteiger partial charge is 0.336 e. The molecule has 1 aliphatic rings. The van der Waals surface area contributed by atoms with Crippen molar-refractivity contribution in [1.29, 1.82) is 0 Å². The smallest absolute Gasteiger partial charge is 0.319 e. The molecule has 1 aliphatic heterocycles. The number of carbonyl (C=O) groups excluding carboxylic acids is 2. The van der Waals surface area contributed by atoms with Crippen molar-refractivity contribution >= 4 is 39.2 Å². The highest BCUT2D eigenvalue weighted by atomic mass is 79.9. The zero-order chi connectivity index (χ0) is 19.8. The average Bonchev–Trinajstić information content (AvgIpc) is 2.70. The van der Waals surface area contributed by atoms with Gasteiger partial charge in [0.05, 0.1) is 12.2 Å². The van der Waals surface area contributed by atoms with Gasteiger partial charge >= 0.3 is 6.03 Å². The Morgan fingerprint density at radius 2 is 1.75 bits per heavy atom. The van der Waals surface area contributed by atoms with Gasteiger partial charge in [-0.2, -0.15) is 0 Å². The Morgan fingerprint density at radius 1 is 1.00 bits per heavy atom. The lowest BCUT2D eigenvalue weighted by Gasteiger charge is -2.35. The molecule has 1 saturated heterocycles. The molecule has 0 bridgehead atoms. The van der Waals surface area contributed by atoms with Crippen LogP contribution in [0.5, 0.6) is 0 Å². The molecule has 2 aromatic rings. The van der Waals surface area contributed by atoms with E-state index in [2.05, 4.69) is 36.8 Å². The average molecular weight is 445 g/mol. The maximum atomic E-state index is 12.5. The number of carbonyl (C=O) groups is 2. The number of benzene rings is 2. The highest BCUT2D eigenvalue weighted by Gasteiger charge is 2.24. The van der Waals surface area contributed by atoms with E-state index in [9.17, 15) is 9.59 Å². The van der Waals surface area contributed by atoms with Gasteiger partial charge in [-0.3, -0.25) is 9.69 Å². The number of anilines is 2. The Bertz CT molecular complexity index is 800. The zero-order valence-electron chi connectivity index (χ0n) is 15.7. The van der Waals surface area contributed by atoms with Crippen molar-refractivity contribution in [2.75, 3.05) is 30.3 Å². The van der Waals surface area contributed by atoms with Crippen LogP contribution in [0.1, 0.15) is 19.3 Å². The molecule has 1 fully saturated rings. The van der Waals surface area contributed by atoms with Crippen LogP contribution in [-0.4, -0.2) is 42.5 Å². The lowest BCUT2D eigenvalue weighted by molar-refractivity contribution is -0.118. The molecular formula is C21H25BrN4O2. The summed E-state index contributed by atoms with van der Waals surface area (Å²) in [6.07, 6.45) is 3.14. The van der Waals surface area contributed by atoms with Crippen LogP contribution in [0.25, 0.3) is 0 Å². The minimum Gasteiger partial charge on any atom is -0.336 e. The van der Waals surface area contributed by atoms with Gasteiger partial charge in [-0.1, -0.05) is 36.8 Å². The summed E-state index contributed by atoms with van der Waals surface area (Å²) in [6, 6.07) is 16.8. The maximum absolute atomic E-state index is 12.5. The number of halogens is 1. The molecule has 0 aliphatic carbocycles. The second-order valence-corrected chi connectivity index (χ2v) is 7.70. The van der Waals surface area contributed by atoms with Crippen LogP contribution in [0.4, 0.5) is 16.2 Å². The third-order valence-corrected chi connectivity index (χ3v) is 5.47. The number of para-hydroxylation sites is 2. The zero-order valence-corrected chi connectivity index (χ0v) is 17.2. The SMILES string of the molecule is O=C(CN1CCCCC1CNC(=O)Nc1ccccc1)Nc1ccccc1Br. The molecule has 7 heteroatoms. The summed E-state index contributed by atoms with van der Waals surface area (Å²) in [5.41, 5.74) is 1.52. The summed E-state index contributed by atoms with van der Waals surface area (Å²) < 4.78 is 0.859. The van der Waals surface area contributed by atoms with Crippen LogP contribution in [0.3, 0.4) is 0 Å². The van der Waals surface area contributed by atoms with Crippen LogP contribution in [0.2, 0.25) is 0 Å². The summed E-state index contributed by atoms with van der Waals surface area (Å²) >= 11 is 3.45. The first-order valence-corrected chi connectivity index (χ1v) is 10.3. The van der Waals surface area contributed by atoms with E-state index in [1.165, 1.54) is 0 Å². The summed E-state index contributed by atoms with van der Waals surface area (Å²) in [5, 5.41) is 8.70. The fourth-order valence-corrected chi connectivity index (χ4v) is 3.73. The predicted molar refractivity (Wildman–Crippen MR) is 115 cm³/mol. The predicted octanol–water partition coefficient (Wildman–Crippen LogP) is 4.06. The van der Waals surface area contributed by atoms with E-state index in [4.69, 9.17) is 0 Å². The minimum atomic E-state index is -0.227. The number of hydrogen-bond donors (Lipinski definition) is 3. The van der Waals surface area contributed by atoms with Crippen LogP contribution in [0, 0.1) is 0 Å². The maximum Gasteiger partial charge on any atom is 0.319 e. The Labute approximate surface area is 173 Å². The number of amides is 3. The molecule has 0 radical (unpaired) electrons. The molecule has 0 aromatic heterocycles. The lowest BCUT2D eigenvalue weighted by atomic mass is 10.0. The highest BCUT2D eigenvalue weighted by Crippen LogP contribution is 2.22. The monoisotopic (exact) mass is 444 g/mol. The molecule has 0 spiro atoms. The Kier molecular flexibility index (Phi) is 7.45. The number of nitrogens with zero attached hydrogens (tertiary/aromatic N) is 1. The number of rotatable bonds is 6. The van der Waals surface area contributed by atoms with Crippen molar-refractivity contribution in [2.45, 2.75) is 25.3 Å². The molecular weight excluding hydrogens is 420 g/mol. The minimum absolute atomic E-state index is 0.0486. The van der Waals surface area contributed by atoms with E-state index in [1.807, 2.05) is 54.6 Å². The molecule has 148 valence electrons. The summed E-state index contributed by atoms with van der Waals surface area (Å²) in [7, 11) is 0. The molecule has 1 heterocycles. The molecule has 3 N–H and O–H groups in total. The first-order chi connectivity index (χ1) is 13.6. The number of hydrogen-bond acceptors (Lipinski definition) is 3. The van der Waals surface area contributed by atoms with E-state index in [1.54, 1.807) is 0 Å². The summed E-state index contributed by atoms with van der Waals surface area (Å²) in [4.78, 5) is 26.8. The molecule has 3 rings (SSSR count).